The van der Waals surface area contributed by atoms with Crippen molar-refractivity contribution in [2.24, 2.45) is 5.92 Å². The molecule has 0 fully saturated rings. The normalized spacial score (nSPS) is 20.1. The molecule has 0 N–H and O–H groups in total. The van der Waals surface area contributed by atoms with Crippen molar-refractivity contribution < 1.29 is 9.59 Å². The SMILES string of the molecule is CC(C1=CCC(=O)C=C1)C1=CCC(=O)C=C1. The highest BCUT2D eigenvalue weighted by atomic mass is 16.1. The van der Waals surface area contributed by atoms with Crippen LogP contribution in [0, 0.1) is 5.92 Å². The van der Waals surface area contributed by atoms with Crippen LogP contribution in [0.4, 0.5) is 0 Å². The second-order valence-electron chi connectivity index (χ2n) is 4.14. The quantitative estimate of drug-likeness (QED) is 0.707. The molecule has 0 saturated heterocycles. The van der Waals surface area contributed by atoms with Gasteiger partial charge in [0.15, 0.2) is 11.6 Å². The number of carbonyl (C=O) groups excluding carboxylic acids is 2. The van der Waals surface area contributed by atoms with Gasteiger partial charge in [0, 0.05) is 18.8 Å². The van der Waals surface area contributed by atoms with E-state index in [1.807, 2.05) is 24.3 Å². The van der Waals surface area contributed by atoms with E-state index in [0.717, 1.165) is 11.1 Å². The van der Waals surface area contributed by atoms with E-state index in [1.54, 1.807) is 12.2 Å². The Kier molecular flexibility index (Phi) is 3.00. The van der Waals surface area contributed by atoms with Crippen molar-refractivity contribution in [1.29, 1.82) is 0 Å². The number of ketones is 2. The highest BCUT2D eigenvalue weighted by Crippen LogP contribution is 2.26. The van der Waals surface area contributed by atoms with Gasteiger partial charge in [-0.2, -0.15) is 0 Å². The highest BCUT2D eigenvalue weighted by Gasteiger charge is 2.15. The summed E-state index contributed by atoms with van der Waals surface area (Å²) in [4.78, 5) is 22.1. The van der Waals surface area contributed by atoms with Gasteiger partial charge < -0.3 is 0 Å². The van der Waals surface area contributed by atoms with Crippen molar-refractivity contribution in [3.05, 3.63) is 47.6 Å². The molecular formula is C14H14O2. The van der Waals surface area contributed by atoms with E-state index >= 15 is 0 Å². The van der Waals surface area contributed by atoms with Crippen LogP contribution in [0.15, 0.2) is 47.6 Å². The summed E-state index contributed by atoms with van der Waals surface area (Å²) in [7, 11) is 0. The van der Waals surface area contributed by atoms with E-state index in [2.05, 4.69) is 6.92 Å². The predicted molar refractivity (Wildman–Crippen MR) is 62.9 cm³/mol. The summed E-state index contributed by atoms with van der Waals surface area (Å²) in [6.45, 7) is 2.10. The first-order valence-electron chi connectivity index (χ1n) is 5.49. The standard InChI is InChI=1S/C14H14O2/c1-10(11-2-6-13(15)7-3-11)12-4-8-14(16)9-5-12/h2-6,8,10H,7,9H2,1H3. The van der Waals surface area contributed by atoms with Crippen LogP contribution in [-0.2, 0) is 9.59 Å². The molecule has 0 aliphatic heterocycles. The van der Waals surface area contributed by atoms with Crippen molar-refractivity contribution >= 4 is 11.6 Å². The van der Waals surface area contributed by atoms with E-state index in [9.17, 15) is 9.59 Å². The Bertz CT molecular complexity index is 405. The van der Waals surface area contributed by atoms with Crippen LogP contribution in [0.3, 0.4) is 0 Å². The van der Waals surface area contributed by atoms with Gasteiger partial charge in [0.2, 0.25) is 0 Å². The minimum absolute atomic E-state index is 0.152. The Hall–Kier alpha value is -1.70. The van der Waals surface area contributed by atoms with Crippen LogP contribution in [0.25, 0.3) is 0 Å². The molecule has 82 valence electrons. The fourth-order valence-corrected chi connectivity index (χ4v) is 1.92. The maximum Gasteiger partial charge on any atom is 0.159 e. The molecule has 2 nitrogen and oxygen atoms in total. The highest BCUT2D eigenvalue weighted by molar-refractivity contribution is 5.93. The van der Waals surface area contributed by atoms with Crippen molar-refractivity contribution in [1.82, 2.24) is 0 Å². The molecule has 0 atom stereocenters. The number of allylic oxidation sites excluding steroid dienone is 8. The molecule has 16 heavy (non-hydrogen) atoms. The smallest absolute Gasteiger partial charge is 0.159 e. The van der Waals surface area contributed by atoms with Crippen molar-refractivity contribution in [3.63, 3.8) is 0 Å². The number of hydrogen-bond donors (Lipinski definition) is 0. The summed E-state index contributed by atoms with van der Waals surface area (Å²) < 4.78 is 0. The van der Waals surface area contributed by atoms with Crippen LogP contribution in [0.1, 0.15) is 19.8 Å². The largest absolute Gasteiger partial charge is 0.295 e. The van der Waals surface area contributed by atoms with E-state index in [-0.39, 0.29) is 17.5 Å². The minimum Gasteiger partial charge on any atom is -0.295 e. The topological polar surface area (TPSA) is 34.1 Å². The van der Waals surface area contributed by atoms with Gasteiger partial charge in [-0.25, -0.2) is 0 Å². The van der Waals surface area contributed by atoms with Gasteiger partial charge in [0.1, 0.15) is 0 Å². The predicted octanol–water partition coefficient (Wildman–Crippen LogP) is 2.53. The molecule has 0 bridgehead atoms. The molecule has 2 aliphatic carbocycles. The summed E-state index contributed by atoms with van der Waals surface area (Å²) in [6, 6.07) is 0. The van der Waals surface area contributed by atoms with Crippen molar-refractivity contribution in [3.8, 4) is 0 Å². The Morgan fingerprint density at radius 1 is 0.875 bits per heavy atom. The summed E-state index contributed by atoms with van der Waals surface area (Å²) in [5.74, 6) is 0.562. The molecule has 0 saturated carbocycles. The molecule has 0 radical (unpaired) electrons. The van der Waals surface area contributed by atoms with Gasteiger partial charge in [0.25, 0.3) is 0 Å². The van der Waals surface area contributed by atoms with Gasteiger partial charge in [-0.1, -0.05) is 31.2 Å². The minimum atomic E-state index is 0.152. The number of rotatable bonds is 2. The van der Waals surface area contributed by atoms with Gasteiger partial charge in [-0.3, -0.25) is 9.59 Å². The zero-order valence-corrected chi connectivity index (χ0v) is 9.27. The summed E-state index contributed by atoms with van der Waals surface area (Å²) in [6.07, 6.45) is 11.9. The summed E-state index contributed by atoms with van der Waals surface area (Å²) in [5.41, 5.74) is 2.31. The van der Waals surface area contributed by atoms with Crippen LogP contribution in [-0.4, -0.2) is 11.6 Å². The Balaban J connectivity index is 2.12. The zero-order chi connectivity index (χ0) is 11.5. The zero-order valence-electron chi connectivity index (χ0n) is 9.27. The first-order valence-corrected chi connectivity index (χ1v) is 5.49. The van der Waals surface area contributed by atoms with Crippen LogP contribution in [0.2, 0.25) is 0 Å². The van der Waals surface area contributed by atoms with Gasteiger partial charge in [-0.15, -0.1) is 0 Å². The third-order valence-corrected chi connectivity index (χ3v) is 3.00. The maximum atomic E-state index is 11.0. The molecule has 0 amide bonds. The lowest BCUT2D eigenvalue weighted by molar-refractivity contribution is -0.114. The lowest BCUT2D eigenvalue weighted by Crippen LogP contribution is -2.08. The Morgan fingerprint density at radius 2 is 1.31 bits per heavy atom. The van der Waals surface area contributed by atoms with E-state index in [1.165, 1.54) is 0 Å². The monoisotopic (exact) mass is 214 g/mol. The van der Waals surface area contributed by atoms with E-state index in [4.69, 9.17) is 0 Å². The fourth-order valence-electron chi connectivity index (χ4n) is 1.92. The molecular weight excluding hydrogens is 200 g/mol. The average molecular weight is 214 g/mol. The summed E-state index contributed by atoms with van der Waals surface area (Å²) in [5, 5.41) is 0. The lowest BCUT2D eigenvalue weighted by Gasteiger charge is -2.18. The fraction of sp³-hybridized carbons (Fsp3) is 0.286. The molecule has 0 spiro atoms. The Morgan fingerprint density at radius 3 is 1.62 bits per heavy atom. The van der Waals surface area contributed by atoms with Gasteiger partial charge in [-0.05, 0) is 23.3 Å². The van der Waals surface area contributed by atoms with Gasteiger partial charge in [0.05, 0.1) is 0 Å². The second-order valence-corrected chi connectivity index (χ2v) is 4.14. The molecule has 0 heterocycles. The molecule has 0 aromatic heterocycles. The van der Waals surface area contributed by atoms with Crippen LogP contribution in [0.5, 0.6) is 0 Å². The maximum absolute atomic E-state index is 11.0. The van der Waals surface area contributed by atoms with Crippen LogP contribution >= 0.6 is 0 Å². The number of carbonyl (C=O) groups is 2. The van der Waals surface area contributed by atoms with Crippen molar-refractivity contribution in [2.75, 3.05) is 0 Å². The molecule has 0 aromatic carbocycles. The average Bonchev–Trinajstić information content (AvgIpc) is 2.30. The number of hydrogen-bond acceptors (Lipinski definition) is 2. The molecule has 2 rings (SSSR count). The summed E-state index contributed by atoms with van der Waals surface area (Å²) >= 11 is 0. The third kappa shape index (κ3) is 2.27. The van der Waals surface area contributed by atoms with E-state index in [0.29, 0.717) is 12.8 Å². The second kappa shape index (κ2) is 4.44. The van der Waals surface area contributed by atoms with Gasteiger partial charge >= 0.3 is 0 Å². The molecule has 0 aromatic rings. The first kappa shape index (κ1) is 10.8. The molecule has 2 heteroatoms. The lowest BCUT2D eigenvalue weighted by atomic mass is 9.86. The van der Waals surface area contributed by atoms with E-state index < -0.39 is 0 Å². The molecule has 0 unspecified atom stereocenters. The third-order valence-electron chi connectivity index (χ3n) is 3.00. The van der Waals surface area contributed by atoms with Crippen LogP contribution < -0.4 is 0 Å². The Labute approximate surface area is 95.0 Å². The van der Waals surface area contributed by atoms with Crippen molar-refractivity contribution in [2.45, 2.75) is 19.8 Å². The first-order chi connectivity index (χ1) is 7.66. The molecule has 2 aliphatic rings.